The lowest BCUT2D eigenvalue weighted by Crippen LogP contribution is -2.45. The Bertz CT molecular complexity index is 549. The van der Waals surface area contributed by atoms with Crippen molar-refractivity contribution in [3.8, 4) is 0 Å². The Hall–Kier alpha value is -1.22. The average molecular weight is 284 g/mol. The van der Waals surface area contributed by atoms with Gasteiger partial charge in [-0.05, 0) is 54.4 Å². The monoisotopic (exact) mass is 284 g/mol. The molecule has 0 aromatic rings. The van der Waals surface area contributed by atoms with E-state index in [-0.39, 0.29) is 17.6 Å². The Morgan fingerprint density at radius 3 is 2.90 bits per heavy atom. The predicted octanol–water partition coefficient (Wildman–Crippen LogP) is 3.87. The van der Waals surface area contributed by atoms with Gasteiger partial charge in [-0.25, -0.2) is 5.53 Å². The first kappa shape index (κ1) is 13.4. The largest absolute Gasteiger partial charge is 0.393 e. The molecule has 0 aromatic heterocycles. The summed E-state index contributed by atoms with van der Waals surface area (Å²) in [5, 5.41) is 14.0. The Kier molecular flexibility index (Phi) is 2.97. The molecular formula is C18H24N2O. The first-order valence-corrected chi connectivity index (χ1v) is 8.26. The Morgan fingerprint density at radius 2 is 2.10 bits per heavy atom. The number of allylic oxidation sites excluding steroid dienone is 4. The lowest BCUT2D eigenvalue weighted by Gasteiger charge is -2.50. The highest BCUT2D eigenvalue weighted by atomic mass is 16.3. The molecule has 0 spiro atoms. The zero-order valence-electron chi connectivity index (χ0n) is 12.6. The summed E-state index contributed by atoms with van der Waals surface area (Å²) in [6.07, 6.45) is 15.6. The first-order valence-electron chi connectivity index (χ1n) is 8.26. The van der Waals surface area contributed by atoms with Crippen molar-refractivity contribution in [2.45, 2.75) is 44.8 Å². The zero-order valence-corrected chi connectivity index (χ0v) is 12.6. The number of aliphatic hydroxyl groups is 1. The zero-order chi connectivity index (χ0) is 14.6. The number of rotatable bonds is 1. The third-order valence-corrected chi connectivity index (χ3v) is 6.72. The van der Waals surface area contributed by atoms with E-state index >= 15 is 0 Å². The predicted molar refractivity (Wildman–Crippen MR) is 81.8 cm³/mol. The van der Waals surface area contributed by atoms with Crippen LogP contribution >= 0.6 is 0 Å². The third-order valence-electron chi connectivity index (χ3n) is 6.72. The van der Waals surface area contributed by atoms with Crippen LogP contribution in [0.3, 0.4) is 0 Å². The van der Waals surface area contributed by atoms with E-state index in [1.165, 1.54) is 18.4 Å². The number of hydrogen-bond donors (Lipinski definition) is 2. The van der Waals surface area contributed by atoms with Crippen molar-refractivity contribution in [2.75, 3.05) is 0 Å². The second-order valence-electron chi connectivity index (χ2n) is 7.54. The summed E-state index contributed by atoms with van der Waals surface area (Å²) >= 11 is 0. The molecule has 5 unspecified atom stereocenters. The average Bonchev–Trinajstić information content (AvgIpc) is 2.82. The summed E-state index contributed by atoms with van der Waals surface area (Å²) in [4.78, 5) is 0. The van der Waals surface area contributed by atoms with Crippen LogP contribution in [0.2, 0.25) is 0 Å². The van der Waals surface area contributed by atoms with Crippen LogP contribution in [-0.4, -0.2) is 17.3 Å². The summed E-state index contributed by atoms with van der Waals surface area (Å²) < 4.78 is 0. The molecule has 0 saturated heterocycles. The summed E-state index contributed by atoms with van der Waals surface area (Å²) in [5.74, 6) is 2.42. The molecule has 2 saturated carbocycles. The molecule has 4 aliphatic rings. The third kappa shape index (κ3) is 1.83. The van der Waals surface area contributed by atoms with E-state index in [1.54, 1.807) is 0 Å². The van der Waals surface area contributed by atoms with Gasteiger partial charge in [0, 0.05) is 5.92 Å². The van der Waals surface area contributed by atoms with Crippen LogP contribution in [0.15, 0.2) is 41.1 Å². The number of aliphatic hydroxyl groups excluding tert-OH is 1. The molecule has 0 heterocycles. The van der Waals surface area contributed by atoms with E-state index in [4.69, 9.17) is 5.53 Å². The second kappa shape index (κ2) is 4.64. The second-order valence-corrected chi connectivity index (χ2v) is 7.54. The Labute approximate surface area is 126 Å². The molecule has 112 valence electrons. The summed E-state index contributed by atoms with van der Waals surface area (Å²) in [5.41, 5.74) is 8.69. The topological polar surface area (TPSA) is 56.4 Å². The van der Waals surface area contributed by atoms with E-state index in [2.05, 4.69) is 42.4 Å². The van der Waals surface area contributed by atoms with Gasteiger partial charge in [-0.15, -0.1) is 0 Å². The molecule has 0 amide bonds. The van der Waals surface area contributed by atoms with Gasteiger partial charge in [0.1, 0.15) is 6.04 Å². The molecule has 21 heavy (non-hydrogen) atoms. The van der Waals surface area contributed by atoms with E-state index in [9.17, 15) is 5.11 Å². The number of nitrogens with one attached hydrogen (secondary N) is 1. The Balaban J connectivity index is 1.68. The molecule has 2 N–H and O–H groups in total. The van der Waals surface area contributed by atoms with Gasteiger partial charge in [-0.2, -0.15) is 5.11 Å². The SMILES string of the molecule is C[C@]12CCC3C4C=CC(N=N)C=C4C=CC3C1CC[C@@H]2O. The first-order chi connectivity index (χ1) is 10.1. The van der Waals surface area contributed by atoms with Crippen molar-refractivity contribution < 1.29 is 5.11 Å². The Morgan fingerprint density at radius 1 is 1.24 bits per heavy atom. The van der Waals surface area contributed by atoms with Gasteiger partial charge in [0.15, 0.2) is 0 Å². The molecule has 4 rings (SSSR count). The summed E-state index contributed by atoms with van der Waals surface area (Å²) in [7, 11) is 0. The van der Waals surface area contributed by atoms with Crippen LogP contribution in [0.1, 0.15) is 32.6 Å². The van der Waals surface area contributed by atoms with Crippen molar-refractivity contribution in [3.63, 3.8) is 0 Å². The van der Waals surface area contributed by atoms with Crippen LogP contribution in [0.25, 0.3) is 0 Å². The molecule has 0 bridgehead atoms. The van der Waals surface area contributed by atoms with Gasteiger partial charge in [0.05, 0.1) is 6.10 Å². The molecule has 3 nitrogen and oxygen atoms in total. The normalized spacial score (nSPS) is 50.9. The fourth-order valence-electron chi connectivity index (χ4n) is 5.46. The standard InChI is InChI=1S/C18H24N2O/c1-18-9-8-14-13-5-3-12(20-19)10-11(13)2-4-15(14)16(18)6-7-17(18)21/h2-5,10,12-17,19,21H,6-9H2,1H3/t12?,13?,14?,15?,16?,17-,18-/m0/s1. The van der Waals surface area contributed by atoms with Crippen molar-refractivity contribution in [2.24, 2.45) is 34.2 Å². The van der Waals surface area contributed by atoms with Crippen LogP contribution in [0.4, 0.5) is 0 Å². The fourth-order valence-corrected chi connectivity index (χ4v) is 5.46. The highest BCUT2D eigenvalue weighted by molar-refractivity contribution is 5.38. The van der Waals surface area contributed by atoms with Crippen LogP contribution in [0.5, 0.6) is 0 Å². The lowest BCUT2D eigenvalue weighted by atomic mass is 9.54. The van der Waals surface area contributed by atoms with E-state index < -0.39 is 0 Å². The minimum absolute atomic E-state index is 0.0698. The van der Waals surface area contributed by atoms with Crippen LogP contribution in [-0.2, 0) is 0 Å². The fraction of sp³-hybridized carbons (Fsp3) is 0.667. The van der Waals surface area contributed by atoms with Gasteiger partial charge in [0.2, 0.25) is 0 Å². The maximum Gasteiger partial charge on any atom is 0.107 e. The van der Waals surface area contributed by atoms with Crippen molar-refractivity contribution in [3.05, 3.63) is 36.0 Å². The maximum absolute atomic E-state index is 10.4. The summed E-state index contributed by atoms with van der Waals surface area (Å²) in [6, 6.07) is -0.0698. The molecule has 0 radical (unpaired) electrons. The number of fused-ring (bicyclic) bond motifs is 5. The van der Waals surface area contributed by atoms with E-state index in [0.29, 0.717) is 23.7 Å². The quantitative estimate of drug-likeness (QED) is 0.557. The van der Waals surface area contributed by atoms with Gasteiger partial charge < -0.3 is 5.11 Å². The molecule has 2 fully saturated rings. The molecule has 0 aromatic carbocycles. The van der Waals surface area contributed by atoms with E-state index in [0.717, 1.165) is 12.8 Å². The minimum Gasteiger partial charge on any atom is -0.393 e. The molecular weight excluding hydrogens is 260 g/mol. The summed E-state index contributed by atoms with van der Waals surface area (Å²) in [6.45, 7) is 2.30. The van der Waals surface area contributed by atoms with Crippen molar-refractivity contribution in [1.82, 2.24) is 0 Å². The molecule has 4 aliphatic carbocycles. The lowest BCUT2D eigenvalue weighted by molar-refractivity contribution is -0.0266. The molecule has 0 aliphatic heterocycles. The number of hydrogen-bond acceptors (Lipinski definition) is 3. The van der Waals surface area contributed by atoms with Gasteiger partial charge >= 0.3 is 0 Å². The van der Waals surface area contributed by atoms with Gasteiger partial charge in [-0.1, -0.05) is 37.3 Å². The van der Waals surface area contributed by atoms with Crippen molar-refractivity contribution in [1.29, 1.82) is 5.53 Å². The minimum atomic E-state index is -0.109. The van der Waals surface area contributed by atoms with Gasteiger partial charge in [-0.3, -0.25) is 0 Å². The highest BCUT2D eigenvalue weighted by Gasteiger charge is 2.54. The van der Waals surface area contributed by atoms with E-state index in [1.807, 2.05) is 0 Å². The smallest absolute Gasteiger partial charge is 0.107 e. The molecule has 7 atom stereocenters. The van der Waals surface area contributed by atoms with Crippen LogP contribution < -0.4 is 0 Å². The van der Waals surface area contributed by atoms with Crippen molar-refractivity contribution >= 4 is 0 Å². The number of nitrogens with zero attached hydrogens (tertiary/aromatic N) is 1. The van der Waals surface area contributed by atoms with Crippen LogP contribution in [0, 0.1) is 34.6 Å². The maximum atomic E-state index is 10.4. The van der Waals surface area contributed by atoms with Gasteiger partial charge in [0.25, 0.3) is 0 Å². The molecule has 3 heteroatoms. The highest BCUT2D eigenvalue weighted by Crippen LogP contribution is 2.59.